The van der Waals surface area contributed by atoms with Gasteiger partial charge < -0.3 is 0 Å². The fourth-order valence-corrected chi connectivity index (χ4v) is 1.97. The number of hydrogen-bond donors (Lipinski definition) is 0. The first-order valence-electron chi connectivity index (χ1n) is 6.33. The molecule has 3 heteroatoms. The Balaban J connectivity index is 2.15. The van der Waals surface area contributed by atoms with E-state index in [1.54, 1.807) is 13.1 Å². The van der Waals surface area contributed by atoms with Crippen molar-refractivity contribution in [2.45, 2.75) is 26.7 Å². The number of aryl methyl sites for hydroxylation is 2. The lowest BCUT2D eigenvalue weighted by atomic mass is 10.0. The highest BCUT2D eigenvalue weighted by Crippen LogP contribution is 2.13. The summed E-state index contributed by atoms with van der Waals surface area (Å²) < 4.78 is 13.0. The van der Waals surface area contributed by atoms with Crippen LogP contribution in [0.25, 0.3) is 0 Å². The summed E-state index contributed by atoms with van der Waals surface area (Å²) in [4.78, 5) is 16.4. The van der Waals surface area contributed by atoms with Crippen LogP contribution in [0.5, 0.6) is 0 Å². The Morgan fingerprint density at radius 3 is 2.63 bits per heavy atom. The molecule has 0 amide bonds. The molecular weight excluding hydrogens is 241 g/mol. The zero-order valence-corrected chi connectivity index (χ0v) is 11.1. The van der Waals surface area contributed by atoms with E-state index in [0.717, 1.165) is 17.7 Å². The molecule has 0 N–H and O–H groups in total. The van der Waals surface area contributed by atoms with Crippen molar-refractivity contribution in [2.75, 3.05) is 0 Å². The van der Waals surface area contributed by atoms with Gasteiger partial charge in [0.1, 0.15) is 5.82 Å². The maximum atomic E-state index is 13.0. The minimum atomic E-state index is -0.320. The van der Waals surface area contributed by atoms with E-state index in [4.69, 9.17) is 0 Å². The number of rotatable bonds is 4. The molecular formula is C16H16FNO. The normalized spacial score (nSPS) is 10.5. The Kier molecular flexibility index (Phi) is 4.05. The standard InChI is InChI=1S/C16H16FNO/c1-3-12-4-6-14(18-10-12)9-16(19)15-7-5-13(17)8-11(15)2/h4-8,10H,3,9H2,1-2H3. The summed E-state index contributed by atoms with van der Waals surface area (Å²) in [5.41, 5.74) is 3.11. The minimum Gasteiger partial charge on any atom is -0.294 e. The van der Waals surface area contributed by atoms with E-state index < -0.39 is 0 Å². The van der Waals surface area contributed by atoms with Gasteiger partial charge in [-0.2, -0.15) is 0 Å². The Bertz CT molecular complexity index is 590. The second-order valence-electron chi connectivity index (χ2n) is 4.57. The number of pyridine rings is 1. The van der Waals surface area contributed by atoms with Gasteiger partial charge in [0.25, 0.3) is 0 Å². The number of aromatic nitrogens is 1. The molecule has 1 aromatic carbocycles. The largest absolute Gasteiger partial charge is 0.294 e. The fraction of sp³-hybridized carbons (Fsp3) is 0.250. The third-order valence-electron chi connectivity index (χ3n) is 3.12. The molecule has 0 unspecified atom stereocenters. The molecule has 0 aliphatic carbocycles. The summed E-state index contributed by atoms with van der Waals surface area (Å²) in [6.07, 6.45) is 2.97. The van der Waals surface area contributed by atoms with Crippen molar-refractivity contribution in [1.29, 1.82) is 0 Å². The lowest BCUT2D eigenvalue weighted by Gasteiger charge is -2.05. The number of benzene rings is 1. The van der Waals surface area contributed by atoms with Gasteiger partial charge in [-0.25, -0.2) is 4.39 Å². The molecule has 2 nitrogen and oxygen atoms in total. The highest BCUT2D eigenvalue weighted by atomic mass is 19.1. The van der Waals surface area contributed by atoms with Gasteiger partial charge in [-0.3, -0.25) is 9.78 Å². The minimum absolute atomic E-state index is 0.0331. The lowest BCUT2D eigenvalue weighted by molar-refractivity contribution is 0.0991. The van der Waals surface area contributed by atoms with Crippen LogP contribution >= 0.6 is 0 Å². The molecule has 19 heavy (non-hydrogen) atoms. The number of hydrogen-bond acceptors (Lipinski definition) is 2. The Morgan fingerprint density at radius 2 is 2.05 bits per heavy atom. The SMILES string of the molecule is CCc1ccc(CC(=O)c2ccc(F)cc2C)nc1. The van der Waals surface area contributed by atoms with Gasteiger partial charge in [-0.05, 0) is 48.7 Å². The van der Waals surface area contributed by atoms with Gasteiger partial charge in [0.2, 0.25) is 0 Å². The second-order valence-corrected chi connectivity index (χ2v) is 4.57. The summed E-state index contributed by atoms with van der Waals surface area (Å²) in [5, 5.41) is 0. The Labute approximate surface area is 112 Å². The van der Waals surface area contributed by atoms with Crippen molar-refractivity contribution in [3.63, 3.8) is 0 Å². The van der Waals surface area contributed by atoms with Gasteiger partial charge >= 0.3 is 0 Å². The van der Waals surface area contributed by atoms with Gasteiger partial charge in [-0.15, -0.1) is 0 Å². The average Bonchev–Trinajstić information content (AvgIpc) is 2.39. The topological polar surface area (TPSA) is 30.0 Å². The van der Waals surface area contributed by atoms with Crippen molar-refractivity contribution in [1.82, 2.24) is 4.98 Å². The van der Waals surface area contributed by atoms with Crippen LogP contribution in [0.2, 0.25) is 0 Å². The van der Waals surface area contributed by atoms with E-state index in [2.05, 4.69) is 11.9 Å². The molecule has 0 aliphatic heterocycles. The molecule has 0 saturated carbocycles. The van der Waals surface area contributed by atoms with E-state index in [-0.39, 0.29) is 18.0 Å². The molecule has 0 aliphatic rings. The van der Waals surface area contributed by atoms with Crippen LogP contribution in [0.3, 0.4) is 0 Å². The van der Waals surface area contributed by atoms with Gasteiger partial charge in [0.05, 0.1) is 6.42 Å². The number of Topliss-reactive ketones (excluding diaryl/α,β-unsaturated/α-hetero) is 1. The van der Waals surface area contributed by atoms with E-state index in [9.17, 15) is 9.18 Å². The van der Waals surface area contributed by atoms with Crippen molar-refractivity contribution in [2.24, 2.45) is 0 Å². The number of carbonyl (C=O) groups excluding carboxylic acids is 1. The molecule has 0 fully saturated rings. The van der Waals surface area contributed by atoms with E-state index >= 15 is 0 Å². The number of halogens is 1. The second kappa shape index (κ2) is 5.74. The Hall–Kier alpha value is -2.03. The predicted molar refractivity (Wildman–Crippen MR) is 72.8 cm³/mol. The smallest absolute Gasteiger partial charge is 0.169 e. The Morgan fingerprint density at radius 1 is 1.26 bits per heavy atom. The van der Waals surface area contributed by atoms with E-state index in [0.29, 0.717) is 11.1 Å². The number of carbonyl (C=O) groups is 1. The summed E-state index contributed by atoms with van der Waals surface area (Å²) in [5.74, 6) is -0.353. The molecule has 0 spiro atoms. The van der Waals surface area contributed by atoms with Gasteiger partial charge in [0.15, 0.2) is 5.78 Å². The molecule has 2 aromatic rings. The summed E-state index contributed by atoms with van der Waals surface area (Å²) in [6.45, 7) is 3.80. The highest BCUT2D eigenvalue weighted by molar-refractivity contribution is 5.98. The first-order valence-corrected chi connectivity index (χ1v) is 6.33. The van der Waals surface area contributed by atoms with Crippen molar-refractivity contribution >= 4 is 5.78 Å². The fourth-order valence-electron chi connectivity index (χ4n) is 1.97. The van der Waals surface area contributed by atoms with Crippen LogP contribution in [-0.4, -0.2) is 10.8 Å². The maximum Gasteiger partial charge on any atom is 0.169 e. The van der Waals surface area contributed by atoms with E-state index in [1.165, 1.54) is 18.2 Å². The quantitative estimate of drug-likeness (QED) is 0.784. The third kappa shape index (κ3) is 3.25. The van der Waals surface area contributed by atoms with Crippen molar-refractivity contribution in [3.05, 3.63) is 64.7 Å². The summed E-state index contributed by atoms with van der Waals surface area (Å²) in [6, 6.07) is 8.07. The van der Waals surface area contributed by atoms with Crippen molar-refractivity contribution in [3.8, 4) is 0 Å². The summed E-state index contributed by atoms with van der Waals surface area (Å²) in [7, 11) is 0. The molecule has 0 radical (unpaired) electrons. The highest BCUT2D eigenvalue weighted by Gasteiger charge is 2.11. The lowest BCUT2D eigenvalue weighted by Crippen LogP contribution is -2.07. The molecule has 1 heterocycles. The zero-order chi connectivity index (χ0) is 13.8. The van der Waals surface area contributed by atoms with Crippen LogP contribution in [-0.2, 0) is 12.8 Å². The first-order chi connectivity index (χ1) is 9.10. The van der Waals surface area contributed by atoms with Crippen LogP contribution in [0.1, 0.15) is 34.1 Å². The molecule has 0 bridgehead atoms. The predicted octanol–water partition coefficient (Wildman–Crippen LogP) is 3.52. The number of ketones is 1. The monoisotopic (exact) mass is 257 g/mol. The molecule has 2 rings (SSSR count). The molecule has 1 aromatic heterocycles. The number of nitrogens with zero attached hydrogens (tertiary/aromatic N) is 1. The third-order valence-corrected chi connectivity index (χ3v) is 3.12. The van der Waals surface area contributed by atoms with Crippen LogP contribution in [0.4, 0.5) is 4.39 Å². The van der Waals surface area contributed by atoms with Crippen molar-refractivity contribution < 1.29 is 9.18 Å². The molecule has 0 atom stereocenters. The van der Waals surface area contributed by atoms with Crippen LogP contribution in [0.15, 0.2) is 36.5 Å². The zero-order valence-electron chi connectivity index (χ0n) is 11.1. The average molecular weight is 257 g/mol. The van der Waals surface area contributed by atoms with Crippen LogP contribution in [0, 0.1) is 12.7 Å². The van der Waals surface area contributed by atoms with Crippen LogP contribution < -0.4 is 0 Å². The van der Waals surface area contributed by atoms with Gasteiger partial charge in [0, 0.05) is 17.5 Å². The van der Waals surface area contributed by atoms with E-state index in [1.807, 2.05) is 12.1 Å². The first kappa shape index (κ1) is 13.4. The maximum absolute atomic E-state index is 13.0. The van der Waals surface area contributed by atoms with Gasteiger partial charge in [-0.1, -0.05) is 13.0 Å². The molecule has 0 saturated heterocycles. The summed E-state index contributed by atoms with van der Waals surface area (Å²) >= 11 is 0. The molecule has 98 valence electrons.